The van der Waals surface area contributed by atoms with Gasteiger partial charge in [-0.2, -0.15) is 0 Å². The normalized spacial score (nSPS) is 23.1. The Morgan fingerprint density at radius 2 is 1.85 bits per heavy atom. The molecule has 0 N–H and O–H groups in total. The number of carbonyl (C=O) groups is 2. The molecule has 0 spiro atoms. The van der Waals surface area contributed by atoms with Crippen molar-refractivity contribution in [3.63, 3.8) is 0 Å². The number of ether oxygens (including phenoxy) is 2. The molecule has 1 saturated carbocycles. The molecule has 7 nitrogen and oxygen atoms in total. The number of esters is 1. The lowest BCUT2D eigenvalue weighted by molar-refractivity contribution is -0.148. The Morgan fingerprint density at radius 3 is 2.67 bits per heavy atom. The predicted octanol–water partition coefficient (Wildman–Crippen LogP) is 5.88. The molecule has 0 radical (unpaired) electrons. The molecule has 2 atom stereocenters. The molecule has 1 saturated heterocycles. The Morgan fingerprint density at radius 1 is 1.05 bits per heavy atom. The van der Waals surface area contributed by atoms with Gasteiger partial charge in [-0.1, -0.05) is 42.5 Å². The van der Waals surface area contributed by atoms with Crippen LogP contribution in [0.1, 0.15) is 37.7 Å². The number of amides is 1. The quantitative estimate of drug-likeness (QED) is 0.271. The van der Waals surface area contributed by atoms with Gasteiger partial charge in [0, 0.05) is 12.0 Å². The first-order valence-electron chi connectivity index (χ1n) is 14.0. The Balaban J connectivity index is 1.11. The van der Waals surface area contributed by atoms with Crippen molar-refractivity contribution in [2.75, 3.05) is 20.3 Å². The van der Waals surface area contributed by atoms with Crippen LogP contribution in [0.5, 0.6) is 0 Å². The lowest BCUT2D eigenvalue weighted by Gasteiger charge is -2.30. The topological polar surface area (TPSA) is 81.9 Å². The predicted molar refractivity (Wildman–Crippen MR) is 149 cm³/mol. The Kier molecular flexibility index (Phi) is 7.52. The summed E-state index contributed by atoms with van der Waals surface area (Å²) in [5.74, 6) is 0.165. The zero-order valence-corrected chi connectivity index (χ0v) is 22.6. The summed E-state index contributed by atoms with van der Waals surface area (Å²) in [6, 6.07) is 19.4. The van der Waals surface area contributed by atoms with Crippen molar-refractivity contribution in [1.29, 1.82) is 0 Å². The highest BCUT2D eigenvalue weighted by molar-refractivity contribution is 5.95. The van der Waals surface area contributed by atoms with Crippen LogP contribution in [0, 0.1) is 5.92 Å². The van der Waals surface area contributed by atoms with Gasteiger partial charge in [-0.25, -0.2) is 9.37 Å². The van der Waals surface area contributed by atoms with E-state index in [0.717, 1.165) is 53.1 Å². The summed E-state index contributed by atoms with van der Waals surface area (Å²) in [6.07, 6.45) is 2.35. The standard InChI is InChI=1S/C32H33FN2O5/c1-38-32(37)22-10-12-25(13-11-22)39-19-24-17-23(33)18-35(24)30(36)16-20-9-14-28-29(15-20)40-31(34-28)27-8-4-6-21-5-2-3-7-26(21)27/h2-9,14-15,22-25H,10-13,16-19H2,1H3/t22-,23-,24-,25-/m0/s1. The summed E-state index contributed by atoms with van der Waals surface area (Å²) in [4.78, 5) is 31.4. The van der Waals surface area contributed by atoms with Crippen LogP contribution < -0.4 is 0 Å². The average Bonchev–Trinajstić information content (AvgIpc) is 3.58. The fourth-order valence-electron chi connectivity index (χ4n) is 6.08. The van der Waals surface area contributed by atoms with E-state index < -0.39 is 6.17 Å². The van der Waals surface area contributed by atoms with Crippen molar-refractivity contribution in [2.24, 2.45) is 5.92 Å². The van der Waals surface area contributed by atoms with Crippen LogP contribution in [0.4, 0.5) is 4.39 Å². The third kappa shape index (κ3) is 5.45. The van der Waals surface area contributed by atoms with E-state index in [1.807, 2.05) is 48.5 Å². The maximum Gasteiger partial charge on any atom is 0.308 e. The summed E-state index contributed by atoms with van der Waals surface area (Å²) < 4.78 is 31.5. The van der Waals surface area contributed by atoms with Gasteiger partial charge < -0.3 is 18.8 Å². The number of fused-ring (bicyclic) bond motifs is 2. The maximum absolute atomic E-state index is 14.4. The second-order valence-electron chi connectivity index (χ2n) is 10.9. The van der Waals surface area contributed by atoms with Gasteiger partial charge in [0.15, 0.2) is 5.58 Å². The summed E-state index contributed by atoms with van der Waals surface area (Å²) in [5.41, 5.74) is 3.04. The number of likely N-dealkylation sites (tertiary alicyclic amines) is 1. The van der Waals surface area contributed by atoms with E-state index in [1.165, 1.54) is 7.11 Å². The van der Waals surface area contributed by atoms with Gasteiger partial charge >= 0.3 is 5.97 Å². The van der Waals surface area contributed by atoms with Gasteiger partial charge in [-0.3, -0.25) is 9.59 Å². The average molecular weight is 545 g/mol. The van der Waals surface area contributed by atoms with Crippen LogP contribution >= 0.6 is 0 Å². The number of hydrogen-bond donors (Lipinski definition) is 0. The Bertz CT molecular complexity index is 1520. The summed E-state index contributed by atoms with van der Waals surface area (Å²) in [6.45, 7) is 0.382. The van der Waals surface area contributed by atoms with E-state index in [4.69, 9.17) is 13.9 Å². The number of hydrogen-bond acceptors (Lipinski definition) is 6. The van der Waals surface area contributed by atoms with E-state index in [1.54, 1.807) is 4.90 Å². The first-order chi connectivity index (χ1) is 19.5. The molecule has 1 aromatic heterocycles. The number of carbonyl (C=O) groups excluding carboxylic acids is 2. The molecule has 8 heteroatoms. The minimum absolute atomic E-state index is 0.0151. The number of oxazole rings is 1. The largest absolute Gasteiger partial charge is 0.469 e. The van der Waals surface area contributed by atoms with Crippen LogP contribution in [0.15, 0.2) is 65.1 Å². The van der Waals surface area contributed by atoms with Gasteiger partial charge in [0.25, 0.3) is 0 Å². The number of aromatic nitrogens is 1. The molecular weight excluding hydrogens is 511 g/mol. The second kappa shape index (κ2) is 11.4. The van der Waals surface area contributed by atoms with E-state index in [2.05, 4.69) is 17.1 Å². The first kappa shape index (κ1) is 26.4. The third-order valence-corrected chi connectivity index (χ3v) is 8.25. The van der Waals surface area contributed by atoms with Crippen LogP contribution in [0.2, 0.25) is 0 Å². The van der Waals surface area contributed by atoms with Crippen LogP contribution in [-0.4, -0.2) is 60.3 Å². The molecule has 4 aromatic rings. The maximum atomic E-state index is 14.4. The van der Waals surface area contributed by atoms with Crippen LogP contribution in [0.25, 0.3) is 33.3 Å². The zero-order chi connectivity index (χ0) is 27.6. The molecule has 2 heterocycles. The van der Waals surface area contributed by atoms with Crippen molar-refractivity contribution in [3.8, 4) is 11.5 Å². The Hall–Kier alpha value is -3.78. The SMILES string of the molecule is COC(=O)[C@H]1CC[C@H](OC[C@@H]2C[C@H](F)CN2C(=O)Cc2ccc3nc(-c4cccc5ccccc45)oc3c2)CC1. The number of rotatable bonds is 7. The lowest BCUT2D eigenvalue weighted by atomic mass is 9.87. The number of halogens is 1. The molecular formula is C32H33FN2O5. The zero-order valence-electron chi connectivity index (χ0n) is 22.6. The van der Waals surface area contributed by atoms with Crippen molar-refractivity contribution in [1.82, 2.24) is 9.88 Å². The van der Waals surface area contributed by atoms with Gasteiger partial charge in [0.05, 0.1) is 44.7 Å². The molecule has 2 aliphatic rings. The van der Waals surface area contributed by atoms with Crippen LogP contribution in [0.3, 0.4) is 0 Å². The minimum Gasteiger partial charge on any atom is -0.469 e. The number of nitrogens with zero attached hydrogens (tertiary/aromatic N) is 2. The van der Waals surface area contributed by atoms with Crippen molar-refractivity contribution in [2.45, 2.75) is 56.8 Å². The van der Waals surface area contributed by atoms with Crippen molar-refractivity contribution >= 4 is 33.7 Å². The summed E-state index contributed by atoms with van der Waals surface area (Å²) in [5, 5.41) is 2.17. The minimum atomic E-state index is -1.06. The highest BCUT2D eigenvalue weighted by Crippen LogP contribution is 2.32. The second-order valence-corrected chi connectivity index (χ2v) is 10.9. The van der Waals surface area contributed by atoms with Gasteiger partial charge in [0.1, 0.15) is 11.7 Å². The number of alkyl halides is 1. The van der Waals surface area contributed by atoms with E-state index in [9.17, 15) is 14.0 Å². The van der Waals surface area contributed by atoms with Crippen molar-refractivity contribution < 1.29 is 27.9 Å². The first-order valence-corrected chi connectivity index (χ1v) is 14.0. The fourth-order valence-corrected chi connectivity index (χ4v) is 6.08. The molecule has 6 rings (SSSR count). The smallest absolute Gasteiger partial charge is 0.308 e. The molecule has 0 unspecified atom stereocenters. The highest BCUT2D eigenvalue weighted by Gasteiger charge is 2.36. The summed E-state index contributed by atoms with van der Waals surface area (Å²) >= 11 is 0. The van der Waals surface area contributed by atoms with E-state index in [-0.39, 0.29) is 49.3 Å². The van der Waals surface area contributed by atoms with E-state index in [0.29, 0.717) is 18.1 Å². The van der Waals surface area contributed by atoms with Gasteiger partial charge in [0.2, 0.25) is 11.8 Å². The lowest BCUT2D eigenvalue weighted by Crippen LogP contribution is -2.40. The monoisotopic (exact) mass is 544 g/mol. The number of benzene rings is 3. The molecule has 3 aromatic carbocycles. The highest BCUT2D eigenvalue weighted by atomic mass is 19.1. The molecule has 1 aliphatic heterocycles. The molecule has 0 bridgehead atoms. The molecule has 1 aliphatic carbocycles. The van der Waals surface area contributed by atoms with Crippen molar-refractivity contribution in [3.05, 3.63) is 66.2 Å². The molecule has 208 valence electrons. The van der Waals surface area contributed by atoms with Gasteiger partial charge in [-0.05, 0) is 60.2 Å². The molecule has 2 fully saturated rings. The van der Waals surface area contributed by atoms with E-state index >= 15 is 0 Å². The third-order valence-electron chi connectivity index (χ3n) is 8.25. The summed E-state index contributed by atoms with van der Waals surface area (Å²) in [7, 11) is 1.41. The van der Waals surface area contributed by atoms with Gasteiger partial charge in [-0.15, -0.1) is 0 Å². The Labute approximate surface area is 232 Å². The molecule has 1 amide bonds. The van der Waals surface area contributed by atoms with Crippen LogP contribution in [-0.2, 0) is 25.5 Å². The number of methoxy groups -OCH3 is 1. The fraction of sp³-hybridized carbons (Fsp3) is 0.406. The molecule has 40 heavy (non-hydrogen) atoms.